The second kappa shape index (κ2) is 7.93. The molecule has 0 bridgehead atoms. The number of hydrogen-bond acceptors (Lipinski definition) is 4. The summed E-state index contributed by atoms with van der Waals surface area (Å²) in [6, 6.07) is 17.5. The molecule has 1 saturated heterocycles. The standard InChI is InChI=1S/C21H20ClN5O/c22-16-5-1-4-8-19(16)27-11-9-26(10-12-27)14-20(28)15(13-23)21-24-17-6-2-3-7-18(17)25-21/h1-8,28H,9-12,14H2,(H,24,25)/p+1/b20-15-. The molecule has 1 fully saturated rings. The number of nitrogens with zero attached hydrogens (tertiary/aromatic N) is 3. The van der Waals surface area contributed by atoms with E-state index in [-0.39, 0.29) is 11.3 Å². The molecule has 28 heavy (non-hydrogen) atoms. The Morgan fingerprint density at radius 1 is 1.18 bits per heavy atom. The van der Waals surface area contributed by atoms with Crippen LogP contribution < -0.4 is 9.80 Å². The number of para-hydroxylation sites is 3. The van der Waals surface area contributed by atoms with Crippen LogP contribution >= 0.6 is 11.6 Å². The molecule has 142 valence electrons. The van der Waals surface area contributed by atoms with Crippen LogP contribution in [0.3, 0.4) is 0 Å². The normalized spacial score (nSPS) is 16.1. The van der Waals surface area contributed by atoms with E-state index in [1.54, 1.807) is 0 Å². The van der Waals surface area contributed by atoms with Crippen LogP contribution in [-0.4, -0.2) is 47.8 Å². The Labute approximate surface area is 168 Å². The van der Waals surface area contributed by atoms with Crippen LogP contribution in [-0.2, 0) is 0 Å². The zero-order valence-electron chi connectivity index (χ0n) is 15.3. The number of hydrogen-bond donors (Lipinski definition) is 3. The van der Waals surface area contributed by atoms with E-state index in [1.807, 2.05) is 48.5 Å². The molecule has 0 spiro atoms. The quantitative estimate of drug-likeness (QED) is 0.469. The van der Waals surface area contributed by atoms with E-state index >= 15 is 0 Å². The van der Waals surface area contributed by atoms with E-state index in [0.29, 0.717) is 12.4 Å². The van der Waals surface area contributed by atoms with E-state index in [0.717, 1.165) is 47.9 Å². The van der Waals surface area contributed by atoms with Crippen molar-refractivity contribution in [3.05, 3.63) is 65.1 Å². The number of quaternary nitrogens is 1. The first kappa shape index (κ1) is 18.4. The minimum absolute atomic E-state index is 0.0720. The average molecular weight is 395 g/mol. The third kappa shape index (κ3) is 3.68. The molecule has 6 nitrogen and oxygen atoms in total. The van der Waals surface area contributed by atoms with Gasteiger partial charge in [0.25, 0.3) is 0 Å². The fourth-order valence-corrected chi connectivity index (χ4v) is 3.85. The average Bonchev–Trinajstić information content (AvgIpc) is 3.13. The predicted molar refractivity (Wildman–Crippen MR) is 110 cm³/mol. The molecule has 4 rings (SSSR count). The van der Waals surface area contributed by atoms with E-state index in [9.17, 15) is 10.4 Å². The summed E-state index contributed by atoms with van der Waals surface area (Å²) < 4.78 is 0. The van der Waals surface area contributed by atoms with Gasteiger partial charge in [0, 0.05) is 0 Å². The van der Waals surface area contributed by atoms with Gasteiger partial charge in [-0.25, -0.2) is 4.98 Å². The number of fused-ring (bicyclic) bond motifs is 1. The highest BCUT2D eigenvalue weighted by atomic mass is 35.5. The maximum absolute atomic E-state index is 10.6. The number of anilines is 1. The number of aromatic nitrogens is 2. The summed E-state index contributed by atoms with van der Waals surface area (Å²) in [7, 11) is 0. The van der Waals surface area contributed by atoms with Crippen LogP contribution in [0.15, 0.2) is 54.3 Å². The molecule has 0 radical (unpaired) electrons. The molecule has 1 aromatic heterocycles. The SMILES string of the molecule is N#C/C(=C(/O)C[NH+]1CCN(c2ccccc2Cl)CC1)c1nc2ccccc2[nH]1. The van der Waals surface area contributed by atoms with Gasteiger partial charge >= 0.3 is 0 Å². The topological polar surface area (TPSA) is 80.4 Å². The van der Waals surface area contributed by atoms with Crippen molar-refractivity contribution in [2.24, 2.45) is 0 Å². The van der Waals surface area contributed by atoms with Crippen LogP contribution in [0.1, 0.15) is 5.82 Å². The predicted octanol–water partition coefficient (Wildman–Crippen LogP) is 2.41. The second-order valence-electron chi connectivity index (χ2n) is 6.90. The van der Waals surface area contributed by atoms with Crippen molar-refractivity contribution >= 4 is 33.9 Å². The summed E-state index contributed by atoms with van der Waals surface area (Å²) in [6.45, 7) is 3.80. The first-order valence-electron chi connectivity index (χ1n) is 9.26. The summed E-state index contributed by atoms with van der Waals surface area (Å²) in [5.74, 6) is 0.484. The lowest BCUT2D eigenvalue weighted by atomic mass is 10.2. The molecule has 0 saturated carbocycles. The van der Waals surface area contributed by atoms with Crippen LogP contribution in [0.25, 0.3) is 16.6 Å². The lowest BCUT2D eigenvalue weighted by Crippen LogP contribution is -3.15. The molecule has 0 amide bonds. The minimum atomic E-state index is 0.0720. The number of rotatable bonds is 4. The van der Waals surface area contributed by atoms with E-state index in [4.69, 9.17) is 11.6 Å². The monoisotopic (exact) mass is 394 g/mol. The summed E-state index contributed by atoms with van der Waals surface area (Å²) in [5.41, 5.74) is 2.87. The van der Waals surface area contributed by atoms with Crippen LogP contribution in [0, 0.1) is 11.3 Å². The molecule has 7 heteroatoms. The zero-order chi connectivity index (χ0) is 19.5. The highest BCUT2D eigenvalue weighted by Gasteiger charge is 2.24. The summed E-state index contributed by atoms with van der Waals surface area (Å²) in [4.78, 5) is 11.0. The van der Waals surface area contributed by atoms with Crippen LogP contribution in [0.5, 0.6) is 0 Å². The van der Waals surface area contributed by atoms with E-state index in [1.165, 1.54) is 4.90 Å². The number of allylic oxidation sites excluding steroid dienone is 1. The number of halogens is 1. The Kier molecular flexibility index (Phi) is 5.20. The number of H-pyrrole nitrogens is 1. The maximum atomic E-state index is 10.6. The van der Waals surface area contributed by atoms with Crippen LogP contribution in [0.2, 0.25) is 5.02 Å². The number of nitriles is 1. The fourth-order valence-electron chi connectivity index (χ4n) is 3.60. The van der Waals surface area contributed by atoms with Crippen molar-refractivity contribution in [2.75, 3.05) is 37.6 Å². The first-order chi connectivity index (χ1) is 13.7. The molecule has 1 aliphatic rings. The van der Waals surface area contributed by atoms with Crippen molar-refractivity contribution in [1.82, 2.24) is 9.97 Å². The number of benzene rings is 2. The van der Waals surface area contributed by atoms with Crippen molar-refractivity contribution < 1.29 is 10.0 Å². The Morgan fingerprint density at radius 3 is 2.61 bits per heavy atom. The Balaban J connectivity index is 1.46. The molecular formula is C21H21ClN5O+. The number of piperazine rings is 1. The van der Waals surface area contributed by atoms with Gasteiger partial charge in [0.15, 0.2) is 11.6 Å². The number of aromatic amines is 1. The van der Waals surface area contributed by atoms with Gasteiger partial charge in [0.2, 0.25) is 0 Å². The maximum Gasteiger partial charge on any atom is 0.169 e. The molecular weight excluding hydrogens is 374 g/mol. The Morgan fingerprint density at radius 2 is 1.89 bits per heavy atom. The van der Waals surface area contributed by atoms with E-state index in [2.05, 4.69) is 20.9 Å². The molecule has 3 aromatic rings. The second-order valence-corrected chi connectivity index (χ2v) is 7.31. The fraction of sp³-hybridized carbons (Fsp3) is 0.238. The molecule has 1 aliphatic heterocycles. The molecule has 2 aromatic carbocycles. The van der Waals surface area contributed by atoms with Crippen molar-refractivity contribution in [1.29, 1.82) is 5.26 Å². The van der Waals surface area contributed by atoms with Gasteiger partial charge in [-0.05, 0) is 24.3 Å². The van der Waals surface area contributed by atoms with Gasteiger partial charge in [0.05, 0.1) is 47.9 Å². The number of aliphatic hydroxyl groups excluding tert-OH is 1. The molecule has 2 heterocycles. The lowest BCUT2D eigenvalue weighted by Gasteiger charge is -2.34. The van der Waals surface area contributed by atoms with Gasteiger partial charge in [0.1, 0.15) is 18.2 Å². The van der Waals surface area contributed by atoms with Crippen molar-refractivity contribution in [3.63, 3.8) is 0 Å². The lowest BCUT2D eigenvalue weighted by molar-refractivity contribution is -0.897. The minimum Gasteiger partial charge on any atom is -0.506 e. The van der Waals surface area contributed by atoms with Crippen molar-refractivity contribution in [3.8, 4) is 6.07 Å². The highest BCUT2D eigenvalue weighted by Crippen LogP contribution is 2.25. The Bertz CT molecular complexity index is 1030. The molecule has 0 unspecified atom stereocenters. The van der Waals surface area contributed by atoms with Gasteiger partial charge in [-0.2, -0.15) is 5.26 Å². The third-order valence-electron chi connectivity index (χ3n) is 5.11. The zero-order valence-corrected chi connectivity index (χ0v) is 16.1. The first-order valence-corrected chi connectivity index (χ1v) is 9.64. The summed E-state index contributed by atoms with van der Waals surface area (Å²) in [5, 5.41) is 20.9. The number of aliphatic hydroxyl groups is 1. The van der Waals surface area contributed by atoms with Gasteiger partial charge < -0.3 is 19.9 Å². The Hall–Kier alpha value is -3.01. The molecule has 0 atom stereocenters. The smallest absolute Gasteiger partial charge is 0.169 e. The highest BCUT2D eigenvalue weighted by molar-refractivity contribution is 6.33. The molecule has 0 aliphatic carbocycles. The van der Waals surface area contributed by atoms with Crippen LogP contribution in [0.4, 0.5) is 5.69 Å². The van der Waals surface area contributed by atoms with Crippen molar-refractivity contribution in [2.45, 2.75) is 0 Å². The summed E-state index contributed by atoms with van der Waals surface area (Å²) >= 11 is 6.30. The number of imidazole rings is 1. The van der Waals surface area contributed by atoms with Gasteiger partial charge in [-0.15, -0.1) is 0 Å². The summed E-state index contributed by atoms with van der Waals surface area (Å²) in [6.07, 6.45) is 0. The largest absolute Gasteiger partial charge is 0.506 e. The number of nitrogens with one attached hydrogen (secondary N) is 2. The van der Waals surface area contributed by atoms with Gasteiger partial charge in [-0.3, -0.25) is 0 Å². The third-order valence-corrected chi connectivity index (χ3v) is 5.43. The molecule has 3 N–H and O–H groups in total. The van der Waals surface area contributed by atoms with E-state index < -0.39 is 0 Å². The van der Waals surface area contributed by atoms with Gasteiger partial charge in [-0.1, -0.05) is 35.9 Å².